The lowest BCUT2D eigenvalue weighted by molar-refractivity contribution is -0.122. The summed E-state index contributed by atoms with van der Waals surface area (Å²) in [5.74, 6) is 1.30. The first-order chi connectivity index (χ1) is 10.5. The first-order valence-corrected chi connectivity index (χ1v) is 7.91. The summed E-state index contributed by atoms with van der Waals surface area (Å²) in [6, 6.07) is 5.14. The molecule has 1 aromatic carbocycles. The Morgan fingerprint density at radius 2 is 1.91 bits per heavy atom. The quantitative estimate of drug-likeness (QED) is 0.833. The summed E-state index contributed by atoms with van der Waals surface area (Å²) in [4.78, 5) is 11.7. The van der Waals surface area contributed by atoms with E-state index in [2.05, 4.69) is 5.32 Å². The van der Waals surface area contributed by atoms with Crippen LogP contribution in [0.1, 0.15) is 51.1 Å². The zero-order valence-electron chi connectivity index (χ0n) is 14.0. The van der Waals surface area contributed by atoms with Crippen LogP contribution in [-0.4, -0.2) is 25.2 Å². The van der Waals surface area contributed by atoms with Crippen LogP contribution in [0.15, 0.2) is 18.2 Å². The molecule has 0 heterocycles. The Balaban J connectivity index is 0.00000264. The van der Waals surface area contributed by atoms with Gasteiger partial charge in [0, 0.05) is 0 Å². The Bertz CT molecular complexity index is 517. The van der Waals surface area contributed by atoms with Gasteiger partial charge >= 0.3 is 0 Å². The van der Waals surface area contributed by atoms with Gasteiger partial charge in [-0.2, -0.15) is 0 Å². The van der Waals surface area contributed by atoms with Crippen LogP contribution >= 0.6 is 12.4 Å². The van der Waals surface area contributed by atoms with Crippen LogP contribution in [0.3, 0.4) is 0 Å². The van der Waals surface area contributed by atoms with Crippen molar-refractivity contribution in [3.05, 3.63) is 23.8 Å². The summed E-state index contributed by atoms with van der Waals surface area (Å²) in [5.41, 5.74) is 6.54. The van der Waals surface area contributed by atoms with Crippen LogP contribution < -0.4 is 20.5 Å². The number of carbonyl (C=O) groups is 1. The molecule has 5 nitrogen and oxygen atoms in total. The molecule has 1 saturated carbocycles. The third-order valence-corrected chi connectivity index (χ3v) is 4.06. The second kappa shape index (κ2) is 8.99. The number of amides is 1. The molecule has 2 atom stereocenters. The number of rotatable bonds is 6. The second-order valence-corrected chi connectivity index (χ2v) is 5.95. The van der Waals surface area contributed by atoms with Crippen LogP contribution in [-0.2, 0) is 4.79 Å². The Morgan fingerprint density at radius 1 is 1.26 bits per heavy atom. The molecule has 0 spiro atoms. The Morgan fingerprint density at radius 3 is 2.48 bits per heavy atom. The molecule has 0 aliphatic heterocycles. The van der Waals surface area contributed by atoms with Crippen molar-refractivity contribution in [1.82, 2.24) is 5.32 Å². The van der Waals surface area contributed by atoms with Crippen molar-refractivity contribution < 1.29 is 14.3 Å². The van der Waals surface area contributed by atoms with E-state index < -0.39 is 6.04 Å². The number of ether oxygens (including phenoxy) is 2. The van der Waals surface area contributed by atoms with Crippen molar-refractivity contribution >= 4 is 18.3 Å². The maximum atomic E-state index is 11.7. The summed E-state index contributed by atoms with van der Waals surface area (Å²) in [6.45, 7) is 3.59. The third-order valence-electron chi connectivity index (χ3n) is 4.06. The second-order valence-electron chi connectivity index (χ2n) is 5.95. The van der Waals surface area contributed by atoms with E-state index in [1.165, 1.54) is 12.8 Å². The molecule has 1 aliphatic carbocycles. The zero-order chi connectivity index (χ0) is 16.1. The predicted octanol–water partition coefficient (Wildman–Crippen LogP) is 2.96. The lowest BCUT2D eigenvalue weighted by Crippen LogP contribution is -2.39. The fraction of sp³-hybridized carbons (Fsp3) is 0.588. The third kappa shape index (κ3) is 5.29. The van der Waals surface area contributed by atoms with Gasteiger partial charge in [0.1, 0.15) is 0 Å². The van der Waals surface area contributed by atoms with E-state index in [9.17, 15) is 4.79 Å². The molecule has 1 unspecified atom stereocenters. The molecule has 130 valence electrons. The first kappa shape index (κ1) is 19.6. The SMILES string of the molecule is COc1cc(C(C)NC(=O)[C@H](C)N)ccc1OC1CCCC1.Cl. The molecule has 0 radical (unpaired) electrons. The minimum atomic E-state index is -0.519. The van der Waals surface area contributed by atoms with E-state index >= 15 is 0 Å². The fourth-order valence-electron chi connectivity index (χ4n) is 2.66. The molecule has 1 amide bonds. The van der Waals surface area contributed by atoms with E-state index in [1.807, 2.05) is 25.1 Å². The van der Waals surface area contributed by atoms with Crippen LogP contribution in [0.2, 0.25) is 0 Å². The Labute approximate surface area is 144 Å². The molecule has 6 heteroatoms. The average Bonchev–Trinajstić information content (AvgIpc) is 3.00. The molecule has 2 rings (SSSR count). The van der Waals surface area contributed by atoms with Gasteiger partial charge < -0.3 is 20.5 Å². The van der Waals surface area contributed by atoms with Gasteiger partial charge in [0.2, 0.25) is 5.91 Å². The number of methoxy groups -OCH3 is 1. The highest BCUT2D eigenvalue weighted by atomic mass is 35.5. The maximum absolute atomic E-state index is 11.7. The van der Waals surface area contributed by atoms with Gasteiger partial charge in [-0.3, -0.25) is 4.79 Å². The van der Waals surface area contributed by atoms with Crippen molar-refractivity contribution in [2.45, 2.75) is 57.7 Å². The summed E-state index contributed by atoms with van der Waals surface area (Å²) >= 11 is 0. The monoisotopic (exact) mass is 342 g/mol. The Hall–Kier alpha value is -1.46. The van der Waals surface area contributed by atoms with Gasteiger partial charge in [0.05, 0.1) is 25.3 Å². The first-order valence-electron chi connectivity index (χ1n) is 7.91. The van der Waals surface area contributed by atoms with Crippen molar-refractivity contribution in [3.8, 4) is 11.5 Å². The highest BCUT2D eigenvalue weighted by molar-refractivity contribution is 5.85. The normalized spacial score (nSPS) is 17.0. The molecule has 1 fully saturated rings. The number of hydrogen-bond donors (Lipinski definition) is 2. The summed E-state index contributed by atoms with van der Waals surface area (Å²) < 4.78 is 11.5. The standard InChI is InChI=1S/C17H26N2O3.ClH/c1-11(18)17(20)19-12(2)13-8-9-15(16(10-13)21-3)22-14-6-4-5-7-14;/h8-12,14H,4-7,18H2,1-3H3,(H,19,20);1H/t11-,12?;/m0./s1. The number of benzene rings is 1. The number of nitrogens with two attached hydrogens (primary N) is 1. The minimum absolute atomic E-state index is 0. The van der Waals surface area contributed by atoms with E-state index in [4.69, 9.17) is 15.2 Å². The summed E-state index contributed by atoms with van der Waals surface area (Å²) in [6.07, 6.45) is 4.95. The number of hydrogen-bond acceptors (Lipinski definition) is 4. The van der Waals surface area contributed by atoms with Crippen LogP contribution in [0.4, 0.5) is 0 Å². The lowest BCUT2D eigenvalue weighted by atomic mass is 10.1. The van der Waals surface area contributed by atoms with Crippen molar-refractivity contribution in [2.24, 2.45) is 5.73 Å². The van der Waals surface area contributed by atoms with Gasteiger partial charge in [-0.1, -0.05) is 6.07 Å². The molecule has 0 saturated heterocycles. The predicted molar refractivity (Wildman–Crippen MR) is 93.3 cm³/mol. The van der Waals surface area contributed by atoms with Crippen LogP contribution in [0.5, 0.6) is 11.5 Å². The smallest absolute Gasteiger partial charge is 0.237 e. The lowest BCUT2D eigenvalue weighted by Gasteiger charge is -2.19. The van der Waals surface area contributed by atoms with Gasteiger partial charge in [0.15, 0.2) is 11.5 Å². The van der Waals surface area contributed by atoms with E-state index in [1.54, 1.807) is 14.0 Å². The Kier molecular flexibility index (Phi) is 7.65. The topological polar surface area (TPSA) is 73.6 Å². The van der Waals surface area contributed by atoms with E-state index in [0.29, 0.717) is 5.75 Å². The largest absolute Gasteiger partial charge is 0.493 e. The molecular weight excluding hydrogens is 316 g/mol. The van der Waals surface area contributed by atoms with Crippen molar-refractivity contribution in [2.75, 3.05) is 7.11 Å². The number of halogens is 1. The summed E-state index contributed by atoms with van der Waals surface area (Å²) in [7, 11) is 1.63. The van der Waals surface area contributed by atoms with E-state index in [-0.39, 0.29) is 30.5 Å². The minimum Gasteiger partial charge on any atom is -0.493 e. The molecule has 3 N–H and O–H groups in total. The zero-order valence-corrected chi connectivity index (χ0v) is 14.8. The van der Waals surface area contributed by atoms with Gasteiger partial charge in [-0.25, -0.2) is 0 Å². The van der Waals surface area contributed by atoms with Crippen molar-refractivity contribution in [3.63, 3.8) is 0 Å². The number of nitrogens with one attached hydrogen (secondary N) is 1. The molecule has 23 heavy (non-hydrogen) atoms. The number of carbonyl (C=O) groups excluding carboxylic acids is 1. The van der Waals surface area contributed by atoms with E-state index in [0.717, 1.165) is 24.2 Å². The highest BCUT2D eigenvalue weighted by Crippen LogP contribution is 2.33. The van der Waals surface area contributed by atoms with Gasteiger partial charge in [-0.05, 0) is 57.2 Å². The maximum Gasteiger partial charge on any atom is 0.237 e. The van der Waals surface area contributed by atoms with Crippen molar-refractivity contribution in [1.29, 1.82) is 0 Å². The van der Waals surface area contributed by atoms with Gasteiger partial charge in [0.25, 0.3) is 0 Å². The highest BCUT2D eigenvalue weighted by Gasteiger charge is 2.19. The molecule has 1 aliphatic rings. The molecule has 1 aromatic rings. The van der Waals surface area contributed by atoms with Crippen LogP contribution in [0.25, 0.3) is 0 Å². The molecule has 0 bridgehead atoms. The van der Waals surface area contributed by atoms with Gasteiger partial charge in [-0.15, -0.1) is 12.4 Å². The summed E-state index contributed by atoms with van der Waals surface area (Å²) in [5, 5.41) is 2.88. The average molecular weight is 343 g/mol. The van der Waals surface area contributed by atoms with Crippen LogP contribution in [0, 0.1) is 0 Å². The fourth-order valence-corrected chi connectivity index (χ4v) is 2.66. The molecular formula is C17H27ClN2O3. The molecule has 0 aromatic heterocycles.